The summed E-state index contributed by atoms with van der Waals surface area (Å²) >= 11 is 7.40. The molecule has 0 fully saturated rings. The van der Waals surface area contributed by atoms with E-state index in [1.807, 2.05) is 42.6 Å². The molecule has 2 aromatic rings. The lowest BCUT2D eigenvalue weighted by Crippen LogP contribution is -2.26. The Bertz CT molecular complexity index is 524. The second kappa shape index (κ2) is 6.03. The van der Waals surface area contributed by atoms with E-state index in [1.165, 1.54) is 0 Å². The molecule has 2 rings (SSSR count). The van der Waals surface area contributed by atoms with Gasteiger partial charge in [0.2, 0.25) is 0 Å². The minimum Gasteiger partial charge on any atom is -0.345 e. The van der Waals surface area contributed by atoms with Crippen LogP contribution >= 0.6 is 22.9 Å². The Balaban J connectivity index is 2.07. The fourth-order valence-electron chi connectivity index (χ4n) is 1.68. The molecule has 4 heteroatoms. The predicted molar refractivity (Wildman–Crippen MR) is 76.2 cm³/mol. The molecule has 0 bridgehead atoms. The van der Waals surface area contributed by atoms with Gasteiger partial charge in [0.25, 0.3) is 5.91 Å². The summed E-state index contributed by atoms with van der Waals surface area (Å²) in [6.45, 7) is 1.98. The molecule has 0 saturated carbocycles. The van der Waals surface area contributed by atoms with Crippen LogP contribution in [-0.4, -0.2) is 5.91 Å². The number of hydrogen-bond donors (Lipinski definition) is 1. The van der Waals surface area contributed by atoms with Crippen molar-refractivity contribution in [3.8, 4) is 0 Å². The molecule has 1 atom stereocenters. The van der Waals surface area contributed by atoms with Gasteiger partial charge in [0, 0.05) is 16.3 Å². The zero-order chi connectivity index (χ0) is 13.0. The average molecular weight is 280 g/mol. The quantitative estimate of drug-likeness (QED) is 0.843. The van der Waals surface area contributed by atoms with Gasteiger partial charge in [0.1, 0.15) is 0 Å². The number of carbonyl (C=O) groups excluding carboxylic acids is 1. The number of alkyl halides is 1. The standard InChI is InChI=1S/C14H14ClNOS/c1-10(13-6-3-7-18-13)16-14(17)12-5-2-4-11(8-12)9-15/h2-8,10H,9H2,1H3,(H,16,17). The van der Waals surface area contributed by atoms with Gasteiger partial charge in [-0.05, 0) is 36.1 Å². The van der Waals surface area contributed by atoms with Crippen LogP contribution in [0.2, 0.25) is 0 Å². The number of carbonyl (C=O) groups is 1. The molecule has 1 aromatic heterocycles. The highest BCUT2D eigenvalue weighted by molar-refractivity contribution is 7.10. The smallest absolute Gasteiger partial charge is 0.251 e. The molecular formula is C14H14ClNOS. The first-order chi connectivity index (χ1) is 8.70. The summed E-state index contributed by atoms with van der Waals surface area (Å²) in [4.78, 5) is 13.2. The molecule has 0 saturated heterocycles. The van der Waals surface area contributed by atoms with Crippen LogP contribution in [-0.2, 0) is 5.88 Å². The van der Waals surface area contributed by atoms with E-state index in [-0.39, 0.29) is 11.9 Å². The van der Waals surface area contributed by atoms with Crippen LogP contribution in [0.5, 0.6) is 0 Å². The first-order valence-corrected chi connectivity index (χ1v) is 7.11. The number of thiophene rings is 1. The number of hydrogen-bond acceptors (Lipinski definition) is 2. The van der Waals surface area contributed by atoms with Crippen molar-refractivity contribution >= 4 is 28.8 Å². The Morgan fingerprint density at radius 1 is 1.39 bits per heavy atom. The monoisotopic (exact) mass is 279 g/mol. The molecule has 1 unspecified atom stereocenters. The van der Waals surface area contributed by atoms with Crippen molar-refractivity contribution < 1.29 is 4.79 Å². The summed E-state index contributed by atoms with van der Waals surface area (Å²) in [7, 11) is 0. The zero-order valence-corrected chi connectivity index (χ0v) is 11.6. The molecule has 0 aliphatic carbocycles. The van der Waals surface area contributed by atoms with Crippen molar-refractivity contribution in [2.75, 3.05) is 0 Å². The van der Waals surface area contributed by atoms with E-state index >= 15 is 0 Å². The van der Waals surface area contributed by atoms with Gasteiger partial charge in [-0.15, -0.1) is 22.9 Å². The number of rotatable bonds is 4. The average Bonchev–Trinajstić information content (AvgIpc) is 2.92. The van der Waals surface area contributed by atoms with Gasteiger partial charge < -0.3 is 5.32 Å². The van der Waals surface area contributed by atoms with Crippen LogP contribution in [0.15, 0.2) is 41.8 Å². The van der Waals surface area contributed by atoms with Crippen LogP contribution < -0.4 is 5.32 Å². The summed E-state index contributed by atoms with van der Waals surface area (Å²) in [5, 5.41) is 4.98. The van der Waals surface area contributed by atoms with Crippen molar-refractivity contribution in [1.29, 1.82) is 0 Å². The van der Waals surface area contributed by atoms with E-state index in [0.29, 0.717) is 11.4 Å². The first-order valence-electron chi connectivity index (χ1n) is 5.70. The maximum Gasteiger partial charge on any atom is 0.251 e. The van der Waals surface area contributed by atoms with Gasteiger partial charge >= 0.3 is 0 Å². The molecule has 0 aliphatic heterocycles. The Hall–Kier alpha value is -1.32. The van der Waals surface area contributed by atoms with E-state index in [4.69, 9.17) is 11.6 Å². The van der Waals surface area contributed by atoms with Gasteiger partial charge in [0.05, 0.1) is 6.04 Å². The zero-order valence-electron chi connectivity index (χ0n) is 10.0. The number of nitrogens with one attached hydrogen (secondary N) is 1. The van der Waals surface area contributed by atoms with Crippen LogP contribution in [0.25, 0.3) is 0 Å². The van der Waals surface area contributed by atoms with E-state index in [2.05, 4.69) is 5.32 Å². The highest BCUT2D eigenvalue weighted by atomic mass is 35.5. The summed E-state index contributed by atoms with van der Waals surface area (Å²) in [5.74, 6) is 0.351. The molecule has 0 radical (unpaired) electrons. The van der Waals surface area contributed by atoms with E-state index in [0.717, 1.165) is 10.4 Å². The molecule has 0 aliphatic rings. The molecule has 2 nitrogen and oxygen atoms in total. The van der Waals surface area contributed by atoms with Crippen molar-refractivity contribution in [2.45, 2.75) is 18.8 Å². The van der Waals surface area contributed by atoms with Crippen molar-refractivity contribution in [1.82, 2.24) is 5.32 Å². The topological polar surface area (TPSA) is 29.1 Å². The number of benzene rings is 1. The molecule has 1 amide bonds. The maximum absolute atomic E-state index is 12.1. The Kier molecular flexibility index (Phi) is 4.39. The molecule has 1 N–H and O–H groups in total. The summed E-state index contributed by atoms with van der Waals surface area (Å²) in [6, 6.07) is 11.4. The van der Waals surface area contributed by atoms with Gasteiger partial charge in [-0.1, -0.05) is 18.2 Å². The third-order valence-corrected chi connectivity index (χ3v) is 4.02. The van der Waals surface area contributed by atoms with Gasteiger partial charge in [-0.2, -0.15) is 0 Å². The highest BCUT2D eigenvalue weighted by Crippen LogP contribution is 2.18. The Morgan fingerprint density at radius 3 is 2.89 bits per heavy atom. The lowest BCUT2D eigenvalue weighted by molar-refractivity contribution is 0.0940. The Morgan fingerprint density at radius 2 is 2.22 bits per heavy atom. The van der Waals surface area contributed by atoms with Gasteiger partial charge in [0.15, 0.2) is 0 Å². The fraction of sp³-hybridized carbons (Fsp3) is 0.214. The number of halogens is 1. The normalized spacial score (nSPS) is 12.1. The van der Waals surface area contributed by atoms with Crippen molar-refractivity contribution in [3.05, 3.63) is 57.8 Å². The first kappa shape index (κ1) is 13.1. The lowest BCUT2D eigenvalue weighted by atomic mass is 10.1. The van der Waals surface area contributed by atoms with Crippen LogP contribution in [0.4, 0.5) is 0 Å². The lowest BCUT2D eigenvalue weighted by Gasteiger charge is -2.12. The van der Waals surface area contributed by atoms with E-state index in [1.54, 1.807) is 17.4 Å². The second-order valence-corrected chi connectivity index (χ2v) is 5.29. The largest absolute Gasteiger partial charge is 0.345 e. The third kappa shape index (κ3) is 3.12. The van der Waals surface area contributed by atoms with Gasteiger partial charge in [-0.3, -0.25) is 4.79 Å². The van der Waals surface area contributed by atoms with Crippen molar-refractivity contribution in [3.63, 3.8) is 0 Å². The second-order valence-electron chi connectivity index (χ2n) is 4.04. The molecule has 94 valence electrons. The van der Waals surface area contributed by atoms with Crippen LogP contribution in [0, 0.1) is 0 Å². The van der Waals surface area contributed by atoms with Gasteiger partial charge in [-0.25, -0.2) is 0 Å². The summed E-state index contributed by atoms with van der Waals surface area (Å²) in [6.07, 6.45) is 0. The summed E-state index contributed by atoms with van der Waals surface area (Å²) < 4.78 is 0. The minimum atomic E-state index is -0.0668. The van der Waals surface area contributed by atoms with E-state index in [9.17, 15) is 4.79 Å². The molecule has 0 spiro atoms. The third-order valence-electron chi connectivity index (χ3n) is 2.66. The van der Waals surface area contributed by atoms with Crippen LogP contribution in [0.1, 0.15) is 33.8 Å². The molecular weight excluding hydrogens is 266 g/mol. The van der Waals surface area contributed by atoms with E-state index < -0.39 is 0 Å². The number of amides is 1. The van der Waals surface area contributed by atoms with Crippen LogP contribution in [0.3, 0.4) is 0 Å². The SMILES string of the molecule is CC(NC(=O)c1cccc(CCl)c1)c1cccs1. The minimum absolute atomic E-state index is 0.0251. The van der Waals surface area contributed by atoms with Crippen molar-refractivity contribution in [2.24, 2.45) is 0 Å². The predicted octanol–water partition coefficient (Wildman–Crippen LogP) is 3.98. The fourth-order valence-corrected chi connectivity index (χ4v) is 2.59. The molecule has 1 aromatic carbocycles. The molecule has 1 heterocycles. The maximum atomic E-state index is 12.1. The highest BCUT2D eigenvalue weighted by Gasteiger charge is 2.12. The summed E-state index contributed by atoms with van der Waals surface area (Å²) in [5.41, 5.74) is 1.60. The Labute approximate surface area is 116 Å². The molecule has 18 heavy (non-hydrogen) atoms.